The molecule has 23 heavy (non-hydrogen) atoms. The predicted octanol–water partition coefficient (Wildman–Crippen LogP) is 3.89. The number of hydrogen-bond acceptors (Lipinski definition) is 4. The van der Waals surface area contributed by atoms with Crippen molar-refractivity contribution >= 4 is 61.9 Å². The van der Waals surface area contributed by atoms with Crippen LogP contribution in [-0.2, 0) is 0 Å². The predicted molar refractivity (Wildman–Crippen MR) is 93.7 cm³/mol. The first-order valence-electron chi connectivity index (χ1n) is 6.93. The van der Waals surface area contributed by atoms with E-state index in [-0.39, 0.29) is 11.3 Å². The molecule has 2 heterocycles. The number of carboxylic acid groups (broad SMARTS) is 1. The van der Waals surface area contributed by atoms with Crippen LogP contribution in [0.5, 0.6) is 0 Å². The Morgan fingerprint density at radius 3 is 2.74 bits per heavy atom. The van der Waals surface area contributed by atoms with Gasteiger partial charge in [-0.1, -0.05) is 11.6 Å². The fraction of sp³-hybridized carbons (Fsp3) is 0.357. The van der Waals surface area contributed by atoms with Crippen LogP contribution in [0.2, 0.25) is 10.3 Å². The second-order valence-electron chi connectivity index (χ2n) is 5.37. The molecule has 1 aromatic carbocycles. The zero-order chi connectivity index (χ0) is 16.7. The molecule has 1 atom stereocenters. The average molecular weight is 420 g/mol. The van der Waals surface area contributed by atoms with Crippen LogP contribution >= 0.6 is 39.1 Å². The number of piperazine rings is 1. The summed E-state index contributed by atoms with van der Waals surface area (Å²) in [5.74, 6) is 0.673. The number of anilines is 1. The van der Waals surface area contributed by atoms with Crippen molar-refractivity contribution in [1.29, 1.82) is 0 Å². The molecular formula is C14H13BrCl2N4O2. The Balaban J connectivity index is 2.06. The zero-order valence-electron chi connectivity index (χ0n) is 12.1. The van der Waals surface area contributed by atoms with Gasteiger partial charge in [0, 0.05) is 35.5 Å². The van der Waals surface area contributed by atoms with Gasteiger partial charge in [-0.2, -0.15) is 4.98 Å². The van der Waals surface area contributed by atoms with E-state index in [1.807, 2.05) is 11.8 Å². The lowest BCUT2D eigenvalue weighted by Crippen LogP contribution is -2.53. The van der Waals surface area contributed by atoms with Gasteiger partial charge in [0.2, 0.25) is 5.28 Å². The van der Waals surface area contributed by atoms with Gasteiger partial charge in [0.05, 0.1) is 10.5 Å². The Kier molecular flexibility index (Phi) is 4.53. The highest BCUT2D eigenvalue weighted by Gasteiger charge is 2.29. The maximum atomic E-state index is 11.1. The summed E-state index contributed by atoms with van der Waals surface area (Å²) in [6.45, 7) is 3.30. The van der Waals surface area contributed by atoms with Crippen LogP contribution in [0.1, 0.15) is 6.92 Å². The van der Waals surface area contributed by atoms with Gasteiger partial charge in [-0.25, -0.2) is 9.78 Å². The summed E-state index contributed by atoms with van der Waals surface area (Å²) in [6.07, 6.45) is -0.908. The molecule has 0 radical (unpaired) electrons. The molecule has 0 saturated carbocycles. The van der Waals surface area contributed by atoms with Gasteiger partial charge in [-0.3, -0.25) is 0 Å². The molecule has 122 valence electrons. The smallest absolute Gasteiger partial charge is 0.407 e. The Morgan fingerprint density at radius 1 is 1.35 bits per heavy atom. The van der Waals surface area contributed by atoms with E-state index in [2.05, 4.69) is 25.9 Å². The van der Waals surface area contributed by atoms with Crippen LogP contribution in [-0.4, -0.2) is 51.7 Å². The van der Waals surface area contributed by atoms with Gasteiger partial charge in [-0.15, -0.1) is 0 Å². The molecule has 3 rings (SSSR count). The number of aromatic nitrogens is 2. The largest absolute Gasteiger partial charge is 0.465 e. The van der Waals surface area contributed by atoms with Gasteiger partial charge in [-0.05, 0) is 46.6 Å². The monoisotopic (exact) mass is 418 g/mol. The van der Waals surface area contributed by atoms with Gasteiger partial charge >= 0.3 is 6.09 Å². The SMILES string of the molecule is CC1CN(C(=O)O)CCN1c1nc(Cl)nc2cc(Br)c(Cl)cc12. The lowest BCUT2D eigenvalue weighted by Gasteiger charge is -2.39. The molecule has 9 heteroatoms. The van der Waals surface area contributed by atoms with E-state index in [1.165, 1.54) is 4.90 Å². The number of fused-ring (bicyclic) bond motifs is 1. The second kappa shape index (κ2) is 6.30. The summed E-state index contributed by atoms with van der Waals surface area (Å²) in [4.78, 5) is 23.2. The van der Waals surface area contributed by atoms with Crippen LogP contribution in [0.3, 0.4) is 0 Å². The van der Waals surface area contributed by atoms with Crippen LogP contribution in [0, 0.1) is 0 Å². The molecule has 1 fully saturated rings. The third kappa shape index (κ3) is 3.18. The van der Waals surface area contributed by atoms with Crippen molar-refractivity contribution in [2.45, 2.75) is 13.0 Å². The van der Waals surface area contributed by atoms with Gasteiger partial charge in [0.15, 0.2) is 0 Å². The molecule has 1 amide bonds. The van der Waals surface area contributed by atoms with Crippen molar-refractivity contribution in [3.63, 3.8) is 0 Å². The normalized spacial score (nSPS) is 18.5. The maximum Gasteiger partial charge on any atom is 0.407 e. The summed E-state index contributed by atoms with van der Waals surface area (Å²) >= 11 is 15.6. The Bertz CT molecular complexity index is 789. The molecule has 1 aliphatic heterocycles. The number of carbonyl (C=O) groups is 1. The van der Waals surface area contributed by atoms with Crippen molar-refractivity contribution in [3.8, 4) is 0 Å². The van der Waals surface area contributed by atoms with E-state index in [9.17, 15) is 4.79 Å². The minimum Gasteiger partial charge on any atom is -0.465 e. The zero-order valence-corrected chi connectivity index (χ0v) is 15.2. The fourth-order valence-electron chi connectivity index (χ4n) is 2.74. The Morgan fingerprint density at radius 2 is 2.09 bits per heavy atom. The summed E-state index contributed by atoms with van der Waals surface area (Å²) in [5, 5.41) is 10.6. The van der Waals surface area contributed by atoms with Crippen LogP contribution in [0.4, 0.5) is 10.6 Å². The summed E-state index contributed by atoms with van der Waals surface area (Å²) in [7, 11) is 0. The first-order chi connectivity index (χ1) is 10.9. The lowest BCUT2D eigenvalue weighted by molar-refractivity contribution is 0.136. The lowest BCUT2D eigenvalue weighted by atomic mass is 10.1. The molecule has 0 aliphatic carbocycles. The number of amides is 1. The summed E-state index contributed by atoms with van der Waals surface area (Å²) in [6, 6.07) is 3.56. The average Bonchev–Trinajstić information content (AvgIpc) is 2.48. The highest BCUT2D eigenvalue weighted by atomic mass is 79.9. The molecule has 0 spiro atoms. The number of nitrogens with zero attached hydrogens (tertiary/aromatic N) is 4. The van der Waals surface area contributed by atoms with Gasteiger partial charge in [0.1, 0.15) is 5.82 Å². The van der Waals surface area contributed by atoms with Gasteiger partial charge < -0.3 is 14.9 Å². The third-order valence-electron chi connectivity index (χ3n) is 3.86. The first-order valence-corrected chi connectivity index (χ1v) is 8.48. The molecule has 1 aliphatic rings. The molecule has 1 N–H and O–H groups in total. The minimum atomic E-state index is -0.908. The van der Waals surface area contributed by atoms with Crippen LogP contribution in [0.15, 0.2) is 16.6 Å². The molecule has 1 unspecified atom stereocenters. The Hall–Kier alpha value is -1.31. The van der Waals surface area contributed by atoms with E-state index in [1.54, 1.807) is 12.1 Å². The molecule has 6 nitrogen and oxygen atoms in total. The second-order valence-corrected chi connectivity index (χ2v) is 6.97. The molecular weight excluding hydrogens is 407 g/mol. The van der Waals surface area contributed by atoms with Crippen LogP contribution in [0.25, 0.3) is 10.9 Å². The minimum absolute atomic E-state index is 0.0311. The molecule has 1 saturated heterocycles. The topological polar surface area (TPSA) is 69.6 Å². The van der Waals surface area contributed by atoms with Crippen molar-refractivity contribution in [2.24, 2.45) is 0 Å². The summed E-state index contributed by atoms with van der Waals surface area (Å²) in [5.41, 5.74) is 0.684. The number of hydrogen-bond donors (Lipinski definition) is 1. The van der Waals surface area contributed by atoms with E-state index in [4.69, 9.17) is 28.3 Å². The third-order valence-corrected chi connectivity index (χ3v) is 5.23. The van der Waals surface area contributed by atoms with E-state index in [0.717, 1.165) is 9.86 Å². The molecule has 0 bridgehead atoms. The van der Waals surface area contributed by atoms with E-state index < -0.39 is 6.09 Å². The molecule has 1 aromatic heterocycles. The van der Waals surface area contributed by atoms with E-state index >= 15 is 0 Å². The molecule has 2 aromatic rings. The standard InChI is InChI=1S/C14H13BrCl2N4O2/c1-7-6-20(14(22)23)2-3-21(7)12-8-4-10(16)9(15)5-11(8)18-13(17)19-12/h4-5,7H,2-3,6H2,1H3,(H,22,23). The number of halogens is 3. The van der Waals surface area contributed by atoms with Crippen molar-refractivity contribution < 1.29 is 9.90 Å². The van der Waals surface area contributed by atoms with Crippen molar-refractivity contribution in [2.75, 3.05) is 24.5 Å². The number of benzene rings is 1. The van der Waals surface area contributed by atoms with Crippen molar-refractivity contribution in [3.05, 3.63) is 26.9 Å². The highest BCUT2D eigenvalue weighted by molar-refractivity contribution is 9.10. The first kappa shape index (κ1) is 16.5. The fourth-order valence-corrected chi connectivity index (χ4v) is 3.41. The maximum absolute atomic E-state index is 11.1. The van der Waals surface area contributed by atoms with Crippen LogP contribution < -0.4 is 4.90 Å². The van der Waals surface area contributed by atoms with Crippen molar-refractivity contribution in [1.82, 2.24) is 14.9 Å². The number of rotatable bonds is 1. The van der Waals surface area contributed by atoms with E-state index in [0.29, 0.717) is 36.0 Å². The summed E-state index contributed by atoms with van der Waals surface area (Å²) < 4.78 is 0.733. The quantitative estimate of drug-likeness (QED) is 0.710. The van der Waals surface area contributed by atoms with Gasteiger partial charge in [0.25, 0.3) is 0 Å². The Labute approximate surface area is 151 Å². The highest BCUT2D eigenvalue weighted by Crippen LogP contribution is 2.34.